The van der Waals surface area contributed by atoms with E-state index in [1.807, 2.05) is 30.3 Å². The van der Waals surface area contributed by atoms with Crippen molar-refractivity contribution in [1.82, 2.24) is 9.88 Å². The largest absolute Gasteiger partial charge is 0.358 e. The summed E-state index contributed by atoms with van der Waals surface area (Å²) in [6.07, 6.45) is 0. The first-order chi connectivity index (χ1) is 9.09. The maximum atomic E-state index is 11.9. The molecule has 0 aliphatic rings. The SMILES string of the molecule is Cn1c(C(=O)NCc2ccccc2)ccc1[N+](=O)[O-]. The second kappa shape index (κ2) is 5.34. The van der Waals surface area contributed by atoms with E-state index in [-0.39, 0.29) is 17.4 Å². The fraction of sp³-hybridized carbons (Fsp3) is 0.154. The van der Waals surface area contributed by atoms with Crippen molar-refractivity contribution in [2.45, 2.75) is 6.54 Å². The lowest BCUT2D eigenvalue weighted by Gasteiger charge is -2.04. The van der Waals surface area contributed by atoms with Crippen LogP contribution in [0.25, 0.3) is 0 Å². The molecular formula is C13H13N3O3. The lowest BCUT2D eigenvalue weighted by molar-refractivity contribution is -0.391. The number of nitrogens with one attached hydrogen (secondary N) is 1. The first-order valence-electron chi connectivity index (χ1n) is 5.72. The fourth-order valence-corrected chi connectivity index (χ4v) is 1.78. The molecule has 2 aromatic rings. The normalized spacial score (nSPS) is 10.2. The van der Waals surface area contributed by atoms with Gasteiger partial charge in [-0.3, -0.25) is 4.79 Å². The summed E-state index contributed by atoms with van der Waals surface area (Å²) in [5.74, 6) is -0.440. The monoisotopic (exact) mass is 259 g/mol. The van der Waals surface area contributed by atoms with Crippen molar-refractivity contribution in [2.24, 2.45) is 7.05 Å². The van der Waals surface area contributed by atoms with Crippen molar-refractivity contribution >= 4 is 11.7 Å². The summed E-state index contributed by atoms with van der Waals surface area (Å²) in [7, 11) is 1.50. The molecule has 1 aromatic heterocycles. The Hall–Kier alpha value is -2.63. The van der Waals surface area contributed by atoms with Gasteiger partial charge in [-0.2, -0.15) is 0 Å². The summed E-state index contributed by atoms with van der Waals surface area (Å²) in [5.41, 5.74) is 1.24. The number of hydrogen-bond acceptors (Lipinski definition) is 3. The lowest BCUT2D eigenvalue weighted by Crippen LogP contribution is -2.25. The maximum absolute atomic E-state index is 11.9. The number of carbonyl (C=O) groups is 1. The van der Waals surface area contributed by atoms with E-state index in [1.165, 1.54) is 23.7 Å². The van der Waals surface area contributed by atoms with Crippen LogP contribution in [0.5, 0.6) is 0 Å². The van der Waals surface area contributed by atoms with Gasteiger partial charge in [0.15, 0.2) is 5.69 Å². The molecule has 19 heavy (non-hydrogen) atoms. The molecule has 1 N–H and O–H groups in total. The van der Waals surface area contributed by atoms with Crippen LogP contribution in [0.3, 0.4) is 0 Å². The van der Waals surface area contributed by atoms with Crippen LogP contribution in [-0.2, 0) is 13.6 Å². The Morgan fingerprint density at radius 1 is 1.26 bits per heavy atom. The third-order valence-electron chi connectivity index (χ3n) is 2.81. The molecule has 0 aliphatic heterocycles. The highest BCUT2D eigenvalue weighted by atomic mass is 16.6. The molecule has 0 unspecified atom stereocenters. The molecule has 1 aromatic carbocycles. The van der Waals surface area contributed by atoms with Crippen LogP contribution >= 0.6 is 0 Å². The molecule has 0 saturated heterocycles. The van der Waals surface area contributed by atoms with Gasteiger partial charge in [0, 0.05) is 12.6 Å². The Kier molecular flexibility index (Phi) is 3.61. The van der Waals surface area contributed by atoms with E-state index < -0.39 is 4.92 Å². The average Bonchev–Trinajstić information content (AvgIpc) is 2.79. The second-order valence-corrected chi connectivity index (χ2v) is 4.06. The van der Waals surface area contributed by atoms with E-state index in [4.69, 9.17) is 0 Å². The van der Waals surface area contributed by atoms with Crippen LogP contribution in [0.15, 0.2) is 42.5 Å². The predicted octanol–water partition coefficient (Wildman–Crippen LogP) is 1.86. The van der Waals surface area contributed by atoms with Gasteiger partial charge in [0.25, 0.3) is 5.91 Å². The van der Waals surface area contributed by atoms with Gasteiger partial charge in [0.1, 0.15) is 0 Å². The molecule has 6 nitrogen and oxygen atoms in total. The number of aromatic nitrogens is 1. The van der Waals surface area contributed by atoms with Gasteiger partial charge in [0.2, 0.25) is 0 Å². The van der Waals surface area contributed by atoms with Gasteiger partial charge in [-0.1, -0.05) is 30.3 Å². The summed E-state index contributed by atoms with van der Waals surface area (Å²) in [4.78, 5) is 22.1. The highest BCUT2D eigenvalue weighted by Crippen LogP contribution is 2.14. The quantitative estimate of drug-likeness (QED) is 0.672. The Bertz CT molecular complexity index is 605. The number of benzene rings is 1. The second-order valence-electron chi connectivity index (χ2n) is 4.06. The van der Waals surface area contributed by atoms with E-state index >= 15 is 0 Å². The molecular weight excluding hydrogens is 246 g/mol. The molecule has 0 atom stereocenters. The van der Waals surface area contributed by atoms with Crippen LogP contribution in [-0.4, -0.2) is 15.4 Å². The molecule has 0 saturated carbocycles. The van der Waals surface area contributed by atoms with Gasteiger partial charge in [-0.05, 0) is 16.6 Å². The van der Waals surface area contributed by atoms with E-state index in [0.717, 1.165) is 5.56 Å². The third-order valence-corrected chi connectivity index (χ3v) is 2.81. The Labute approximate surface area is 109 Å². The minimum Gasteiger partial charge on any atom is -0.358 e. The molecule has 1 heterocycles. The van der Waals surface area contributed by atoms with Crippen molar-refractivity contribution in [3.05, 3.63) is 63.8 Å². The molecule has 0 fully saturated rings. The van der Waals surface area contributed by atoms with Crippen molar-refractivity contribution in [3.8, 4) is 0 Å². The molecule has 0 spiro atoms. The average molecular weight is 259 g/mol. The van der Waals surface area contributed by atoms with E-state index in [9.17, 15) is 14.9 Å². The van der Waals surface area contributed by atoms with E-state index in [0.29, 0.717) is 6.54 Å². The Balaban J connectivity index is 2.07. The van der Waals surface area contributed by atoms with Crippen LogP contribution in [0.2, 0.25) is 0 Å². The lowest BCUT2D eigenvalue weighted by atomic mass is 10.2. The molecule has 6 heteroatoms. The zero-order valence-corrected chi connectivity index (χ0v) is 10.4. The third kappa shape index (κ3) is 2.79. The van der Waals surface area contributed by atoms with Crippen LogP contribution in [0, 0.1) is 10.1 Å². The number of rotatable bonds is 4. The zero-order chi connectivity index (χ0) is 13.8. The number of nitro groups is 1. The van der Waals surface area contributed by atoms with Gasteiger partial charge in [-0.25, -0.2) is 4.57 Å². The summed E-state index contributed by atoms with van der Waals surface area (Å²) in [6.45, 7) is 0.388. The van der Waals surface area contributed by atoms with Gasteiger partial charge in [0.05, 0.1) is 7.05 Å². The zero-order valence-electron chi connectivity index (χ0n) is 10.4. The van der Waals surface area contributed by atoms with E-state index in [1.54, 1.807) is 0 Å². The number of amides is 1. The first kappa shape index (κ1) is 12.8. The first-order valence-corrected chi connectivity index (χ1v) is 5.72. The Morgan fingerprint density at radius 2 is 1.95 bits per heavy atom. The van der Waals surface area contributed by atoms with Crippen LogP contribution < -0.4 is 5.32 Å². The molecule has 98 valence electrons. The topological polar surface area (TPSA) is 77.2 Å². The highest BCUT2D eigenvalue weighted by Gasteiger charge is 2.19. The summed E-state index contributed by atoms with van der Waals surface area (Å²) in [6, 6.07) is 12.2. The highest BCUT2D eigenvalue weighted by molar-refractivity contribution is 5.93. The fourth-order valence-electron chi connectivity index (χ4n) is 1.78. The summed E-state index contributed by atoms with van der Waals surface area (Å²) < 4.78 is 1.26. The van der Waals surface area contributed by atoms with Crippen molar-refractivity contribution in [1.29, 1.82) is 0 Å². The van der Waals surface area contributed by atoms with Gasteiger partial charge in [-0.15, -0.1) is 0 Å². The predicted molar refractivity (Wildman–Crippen MR) is 69.7 cm³/mol. The maximum Gasteiger partial charge on any atom is 0.323 e. The van der Waals surface area contributed by atoms with Crippen molar-refractivity contribution < 1.29 is 9.72 Å². The van der Waals surface area contributed by atoms with Gasteiger partial charge < -0.3 is 15.4 Å². The minimum absolute atomic E-state index is 0.107. The molecule has 1 amide bonds. The number of carbonyl (C=O) groups excluding carboxylic acids is 1. The van der Waals surface area contributed by atoms with E-state index in [2.05, 4.69) is 5.32 Å². The number of hydrogen-bond donors (Lipinski definition) is 1. The summed E-state index contributed by atoms with van der Waals surface area (Å²) in [5, 5.41) is 13.4. The molecule has 2 rings (SSSR count). The number of nitrogens with zero attached hydrogens (tertiary/aromatic N) is 2. The van der Waals surface area contributed by atoms with Crippen LogP contribution in [0.1, 0.15) is 16.1 Å². The smallest absolute Gasteiger partial charge is 0.323 e. The summed E-state index contributed by atoms with van der Waals surface area (Å²) >= 11 is 0. The molecule has 0 bridgehead atoms. The molecule has 0 radical (unpaired) electrons. The van der Waals surface area contributed by atoms with Crippen LogP contribution in [0.4, 0.5) is 5.82 Å². The standard InChI is InChI=1S/C13H13N3O3/c1-15-11(7-8-12(15)16(18)19)13(17)14-9-10-5-3-2-4-6-10/h2-8H,9H2,1H3,(H,14,17). The minimum atomic E-state index is -0.520. The van der Waals surface area contributed by atoms with Crippen molar-refractivity contribution in [2.75, 3.05) is 0 Å². The van der Waals surface area contributed by atoms with Crippen molar-refractivity contribution in [3.63, 3.8) is 0 Å². The Morgan fingerprint density at radius 3 is 2.53 bits per heavy atom. The van der Waals surface area contributed by atoms with Gasteiger partial charge >= 0.3 is 5.82 Å². The molecule has 0 aliphatic carbocycles.